The minimum atomic E-state index is 0.956. The molecule has 0 saturated heterocycles. The minimum Gasteiger partial charge on any atom is -0.344 e. The molecule has 0 aromatic carbocycles. The van der Waals surface area contributed by atoms with E-state index in [1.165, 1.54) is 0 Å². The Morgan fingerprint density at radius 3 is 3.33 bits per heavy atom. The van der Waals surface area contributed by atoms with Crippen LogP contribution in [-0.2, 0) is 0 Å². The number of nitrogens with one attached hydrogen (secondary N) is 2. The van der Waals surface area contributed by atoms with Gasteiger partial charge < -0.3 is 5.32 Å². The number of fused-ring (bicyclic) bond motifs is 1. The maximum atomic E-state index is 3.95. The van der Waals surface area contributed by atoms with Gasteiger partial charge in [0.1, 0.15) is 0 Å². The van der Waals surface area contributed by atoms with Crippen LogP contribution in [-0.4, -0.2) is 9.89 Å². The molecule has 1 aromatic rings. The number of rotatable bonds is 0. The van der Waals surface area contributed by atoms with Gasteiger partial charge in [-0.2, -0.15) is 9.89 Å². The van der Waals surface area contributed by atoms with Gasteiger partial charge in [0.2, 0.25) is 0 Å². The van der Waals surface area contributed by atoms with Crippen molar-refractivity contribution in [3.63, 3.8) is 0 Å². The van der Waals surface area contributed by atoms with Crippen LogP contribution in [0.4, 0.5) is 5.82 Å². The molecule has 0 saturated carbocycles. The van der Waals surface area contributed by atoms with E-state index in [1.807, 2.05) is 12.3 Å². The first-order chi connectivity index (χ1) is 4.47. The van der Waals surface area contributed by atoms with E-state index in [0.717, 1.165) is 5.82 Å². The molecular weight excluding hydrogens is 116 g/mol. The first-order valence-electron chi connectivity index (χ1n) is 2.69. The van der Waals surface area contributed by atoms with Gasteiger partial charge in [0.25, 0.3) is 0 Å². The highest BCUT2D eigenvalue weighted by Crippen LogP contribution is 2.05. The Morgan fingerprint density at radius 2 is 2.44 bits per heavy atom. The Morgan fingerprint density at radius 1 is 1.44 bits per heavy atom. The summed E-state index contributed by atoms with van der Waals surface area (Å²) in [6.45, 7) is 0. The molecule has 46 valence electrons. The van der Waals surface area contributed by atoms with Crippen molar-refractivity contribution in [2.24, 2.45) is 0 Å². The van der Waals surface area contributed by atoms with E-state index < -0.39 is 0 Å². The second-order valence-electron chi connectivity index (χ2n) is 1.74. The fraction of sp³-hybridized carbons (Fsp3) is 0. The second-order valence-corrected chi connectivity index (χ2v) is 1.74. The molecule has 0 unspecified atom stereocenters. The van der Waals surface area contributed by atoms with Gasteiger partial charge >= 0.3 is 0 Å². The normalized spacial score (nSPS) is 13.8. The monoisotopic (exact) mass is 122 g/mol. The molecule has 0 bridgehead atoms. The summed E-state index contributed by atoms with van der Waals surface area (Å²) >= 11 is 0. The quantitative estimate of drug-likeness (QED) is 0.520. The molecule has 0 fully saturated rings. The van der Waals surface area contributed by atoms with Crippen LogP contribution >= 0.6 is 0 Å². The molecule has 1 aliphatic heterocycles. The third kappa shape index (κ3) is 0.561. The topological polar surface area (TPSA) is 41.9 Å². The van der Waals surface area contributed by atoms with Gasteiger partial charge in [0, 0.05) is 18.5 Å². The summed E-state index contributed by atoms with van der Waals surface area (Å²) in [5.41, 5.74) is 2.91. The van der Waals surface area contributed by atoms with Crippen molar-refractivity contribution in [2.75, 3.05) is 10.7 Å². The summed E-state index contributed by atoms with van der Waals surface area (Å²) in [5, 5.41) is 6.95. The number of anilines is 1. The van der Waals surface area contributed by atoms with Gasteiger partial charge in [-0.3, -0.25) is 5.43 Å². The standard InChI is InChI=1S/C5H6N4/c1-2-7-9-5(1)6-3-4-8-9/h1-4,6,8H. The van der Waals surface area contributed by atoms with Crippen LogP contribution in [0, 0.1) is 0 Å². The highest BCUT2D eigenvalue weighted by molar-refractivity contribution is 5.40. The molecule has 0 aliphatic carbocycles. The highest BCUT2D eigenvalue weighted by Gasteiger charge is 1.99. The lowest BCUT2D eigenvalue weighted by Crippen LogP contribution is -2.16. The van der Waals surface area contributed by atoms with E-state index in [4.69, 9.17) is 0 Å². The van der Waals surface area contributed by atoms with Crippen LogP contribution in [0.2, 0.25) is 0 Å². The molecule has 0 atom stereocenters. The third-order valence-corrected chi connectivity index (χ3v) is 1.15. The summed E-state index contributed by atoms with van der Waals surface area (Å²) in [6.07, 6.45) is 5.32. The van der Waals surface area contributed by atoms with Crippen molar-refractivity contribution in [3.8, 4) is 0 Å². The fourth-order valence-corrected chi connectivity index (χ4v) is 0.750. The summed E-state index contributed by atoms with van der Waals surface area (Å²) < 4.78 is 0. The van der Waals surface area contributed by atoms with Gasteiger partial charge in [-0.15, -0.1) is 0 Å². The van der Waals surface area contributed by atoms with Crippen LogP contribution in [0.1, 0.15) is 0 Å². The predicted molar refractivity (Wildman–Crippen MR) is 34.4 cm³/mol. The minimum absolute atomic E-state index is 0.956. The van der Waals surface area contributed by atoms with E-state index in [-0.39, 0.29) is 0 Å². The maximum absolute atomic E-state index is 3.95. The van der Waals surface area contributed by atoms with Crippen LogP contribution in [0.5, 0.6) is 0 Å². The predicted octanol–water partition coefficient (Wildman–Crippen LogP) is 0.323. The van der Waals surface area contributed by atoms with E-state index in [9.17, 15) is 0 Å². The van der Waals surface area contributed by atoms with E-state index in [1.54, 1.807) is 17.2 Å². The Bertz CT molecular complexity index is 214. The first kappa shape index (κ1) is 4.43. The van der Waals surface area contributed by atoms with Crippen molar-refractivity contribution < 1.29 is 0 Å². The second kappa shape index (κ2) is 1.51. The third-order valence-electron chi connectivity index (χ3n) is 1.15. The van der Waals surface area contributed by atoms with Crippen LogP contribution < -0.4 is 10.7 Å². The molecule has 0 radical (unpaired) electrons. The van der Waals surface area contributed by atoms with E-state index in [0.29, 0.717) is 0 Å². The summed E-state index contributed by atoms with van der Waals surface area (Å²) in [5.74, 6) is 0.956. The van der Waals surface area contributed by atoms with Crippen molar-refractivity contribution >= 4 is 5.82 Å². The molecule has 2 N–H and O–H groups in total. The largest absolute Gasteiger partial charge is 0.344 e. The summed E-state index contributed by atoms with van der Waals surface area (Å²) in [6, 6.07) is 1.89. The van der Waals surface area contributed by atoms with Crippen molar-refractivity contribution in [1.29, 1.82) is 0 Å². The molecule has 0 amide bonds. The molecule has 2 heterocycles. The average Bonchev–Trinajstić information content (AvgIpc) is 2.33. The molecule has 2 rings (SSSR count). The Hall–Kier alpha value is -1.45. The van der Waals surface area contributed by atoms with Crippen LogP contribution in [0.25, 0.3) is 0 Å². The van der Waals surface area contributed by atoms with Gasteiger partial charge in [-0.05, 0) is 0 Å². The molecule has 1 aliphatic rings. The first-order valence-corrected chi connectivity index (χ1v) is 2.69. The lowest BCUT2D eigenvalue weighted by atomic mass is 10.6. The van der Waals surface area contributed by atoms with Crippen molar-refractivity contribution in [3.05, 3.63) is 24.7 Å². The Balaban J connectivity index is 2.46. The van der Waals surface area contributed by atoms with Gasteiger partial charge in [-0.1, -0.05) is 0 Å². The van der Waals surface area contributed by atoms with Gasteiger partial charge in [-0.25, -0.2) is 0 Å². The molecular formula is C5H6N4. The smallest absolute Gasteiger partial charge is 0.151 e. The number of hydrogen-bond acceptors (Lipinski definition) is 3. The fourth-order valence-electron chi connectivity index (χ4n) is 0.750. The average molecular weight is 122 g/mol. The Kier molecular flexibility index (Phi) is 0.745. The lowest BCUT2D eigenvalue weighted by molar-refractivity contribution is 0.798. The van der Waals surface area contributed by atoms with Crippen molar-refractivity contribution in [2.45, 2.75) is 0 Å². The maximum Gasteiger partial charge on any atom is 0.151 e. The van der Waals surface area contributed by atoms with E-state index in [2.05, 4.69) is 15.8 Å². The zero-order chi connectivity index (χ0) is 6.10. The van der Waals surface area contributed by atoms with Crippen molar-refractivity contribution in [1.82, 2.24) is 9.89 Å². The summed E-state index contributed by atoms with van der Waals surface area (Å²) in [4.78, 5) is 1.65. The summed E-state index contributed by atoms with van der Waals surface area (Å²) in [7, 11) is 0. The van der Waals surface area contributed by atoms with Gasteiger partial charge in [0.15, 0.2) is 5.82 Å². The van der Waals surface area contributed by atoms with Crippen LogP contribution in [0.15, 0.2) is 24.7 Å². The number of aromatic nitrogens is 2. The highest BCUT2D eigenvalue weighted by atomic mass is 15.6. The van der Waals surface area contributed by atoms with Gasteiger partial charge in [0.05, 0.1) is 6.20 Å². The zero-order valence-electron chi connectivity index (χ0n) is 4.70. The zero-order valence-corrected chi connectivity index (χ0v) is 4.70. The van der Waals surface area contributed by atoms with E-state index >= 15 is 0 Å². The SMILES string of the molecule is C1=CNn2nccc2N1. The number of nitrogens with zero attached hydrogens (tertiary/aromatic N) is 2. The molecule has 9 heavy (non-hydrogen) atoms. The molecule has 4 nitrogen and oxygen atoms in total. The van der Waals surface area contributed by atoms with Crippen LogP contribution in [0.3, 0.4) is 0 Å². The molecule has 0 spiro atoms. The Labute approximate surface area is 52.1 Å². The molecule has 4 heteroatoms. The lowest BCUT2D eigenvalue weighted by Gasteiger charge is -2.09. The molecule has 1 aromatic heterocycles. The number of hydrogen-bond donors (Lipinski definition) is 2.